The van der Waals surface area contributed by atoms with Crippen LogP contribution in [0, 0.1) is 11.8 Å². The summed E-state index contributed by atoms with van der Waals surface area (Å²) in [5, 5.41) is 9.19. The normalized spacial score (nSPS) is 24.7. The fraction of sp³-hybridized carbons (Fsp3) is 0.500. The van der Waals surface area contributed by atoms with E-state index in [0.717, 1.165) is 31.1 Å². The minimum atomic E-state index is -0.841. The van der Waals surface area contributed by atoms with Gasteiger partial charge in [0.1, 0.15) is 0 Å². The Hall–Kier alpha value is -1.51. The van der Waals surface area contributed by atoms with E-state index in [0.29, 0.717) is 11.5 Å². The van der Waals surface area contributed by atoms with E-state index in [1.165, 1.54) is 0 Å². The van der Waals surface area contributed by atoms with Crippen LogP contribution in [0.4, 0.5) is 5.69 Å². The van der Waals surface area contributed by atoms with Gasteiger partial charge < -0.3 is 10.0 Å². The second kappa shape index (κ2) is 4.78. The topological polar surface area (TPSA) is 40.5 Å². The summed E-state index contributed by atoms with van der Waals surface area (Å²) < 4.78 is 0. The molecule has 1 saturated heterocycles. The zero-order chi connectivity index (χ0) is 12.4. The maximum atomic E-state index is 11.2. The Balaban J connectivity index is 2.25. The SMILES string of the molecule is CC1CCN(c2ccccc2C(=O)O)CC1C. The van der Waals surface area contributed by atoms with E-state index in [4.69, 9.17) is 0 Å². The van der Waals surface area contributed by atoms with Crippen LogP contribution >= 0.6 is 0 Å². The molecule has 2 rings (SSSR count). The predicted octanol–water partition coefficient (Wildman–Crippen LogP) is 2.87. The number of hydrogen-bond donors (Lipinski definition) is 1. The van der Waals surface area contributed by atoms with Gasteiger partial charge >= 0.3 is 5.97 Å². The van der Waals surface area contributed by atoms with Gasteiger partial charge in [-0.05, 0) is 30.4 Å². The molecular formula is C14H19NO2. The maximum absolute atomic E-state index is 11.2. The third-order valence-corrected chi connectivity index (χ3v) is 3.81. The molecule has 1 aliphatic heterocycles. The molecule has 1 aromatic rings. The fourth-order valence-corrected chi connectivity index (χ4v) is 2.41. The average molecular weight is 233 g/mol. The van der Waals surface area contributed by atoms with Gasteiger partial charge in [-0.25, -0.2) is 4.79 Å². The minimum absolute atomic E-state index is 0.411. The molecule has 0 spiro atoms. The molecular weight excluding hydrogens is 214 g/mol. The van der Waals surface area contributed by atoms with Gasteiger partial charge in [0, 0.05) is 13.1 Å². The number of nitrogens with zero attached hydrogens (tertiary/aromatic N) is 1. The number of para-hydroxylation sites is 1. The summed E-state index contributed by atoms with van der Waals surface area (Å²) in [7, 11) is 0. The van der Waals surface area contributed by atoms with Crippen LogP contribution in [0.5, 0.6) is 0 Å². The van der Waals surface area contributed by atoms with Gasteiger partial charge in [-0.1, -0.05) is 26.0 Å². The lowest BCUT2D eigenvalue weighted by molar-refractivity contribution is 0.0697. The number of benzene rings is 1. The molecule has 1 aliphatic rings. The molecule has 3 nitrogen and oxygen atoms in total. The Bertz CT molecular complexity index is 416. The molecule has 2 unspecified atom stereocenters. The van der Waals surface area contributed by atoms with Gasteiger partial charge in [-0.15, -0.1) is 0 Å². The van der Waals surface area contributed by atoms with Gasteiger partial charge in [-0.3, -0.25) is 0 Å². The smallest absolute Gasteiger partial charge is 0.337 e. The van der Waals surface area contributed by atoms with Gasteiger partial charge in [0.2, 0.25) is 0 Å². The van der Waals surface area contributed by atoms with Crippen LogP contribution in [-0.4, -0.2) is 24.2 Å². The summed E-state index contributed by atoms with van der Waals surface area (Å²) in [6.07, 6.45) is 1.13. The number of carboxylic acids is 1. The number of piperidine rings is 1. The first-order valence-corrected chi connectivity index (χ1v) is 6.17. The number of carbonyl (C=O) groups is 1. The van der Waals surface area contributed by atoms with Crippen molar-refractivity contribution in [1.82, 2.24) is 0 Å². The van der Waals surface area contributed by atoms with Gasteiger partial charge in [0.05, 0.1) is 11.3 Å². The minimum Gasteiger partial charge on any atom is -0.478 e. The highest BCUT2D eigenvalue weighted by molar-refractivity contribution is 5.94. The van der Waals surface area contributed by atoms with Crippen molar-refractivity contribution >= 4 is 11.7 Å². The summed E-state index contributed by atoms with van der Waals surface area (Å²) in [6, 6.07) is 7.28. The van der Waals surface area contributed by atoms with Gasteiger partial charge in [0.15, 0.2) is 0 Å². The lowest BCUT2D eigenvalue weighted by Gasteiger charge is -2.37. The first kappa shape index (κ1) is 12.0. The van der Waals surface area contributed by atoms with E-state index in [9.17, 15) is 9.90 Å². The third-order valence-electron chi connectivity index (χ3n) is 3.81. The van der Waals surface area contributed by atoms with Crippen molar-refractivity contribution < 1.29 is 9.90 Å². The Morgan fingerprint density at radius 2 is 2.00 bits per heavy atom. The Morgan fingerprint density at radius 1 is 1.29 bits per heavy atom. The van der Waals surface area contributed by atoms with Crippen LogP contribution in [0.15, 0.2) is 24.3 Å². The molecule has 1 aromatic carbocycles. The lowest BCUT2D eigenvalue weighted by atomic mass is 9.88. The van der Waals surface area contributed by atoms with Crippen LogP contribution in [0.3, 0.4) is 0 Å². The van der Waals surface area contributed by atoms with Crippen LogP contribution in [0.1, 0.15) is 30.6 Å². The zero-order valence-electron chi connectivity index (χ0n) is 10.4. The number of aromatic carboxylic acids is 1. The quantitative estimate of drug-likeness (QED) is 0.854. The van der Waals surface area contributed by atoms with Crippen LogP contribution in [0.2, 0.25) is 0 Å². The highest BCUT2D eigenvalue weighted by atomic mass is 16.4. The molecule has 92 valence electrons. The third kappa shape index (κ3) is 2.43. The highest BCUT2D eigenvalue weighted by Crippen LogP contribution is 2.29. The molecule has 1 N–H and O–H groups in total. The fourth-order valence-electron chi connectivity index (χ4n) is 2.41. The molecule has 0 aromatic heterocycles. The molecule has 0 saturated carbocycles. The molecule has 1 fully saturated rings. The summed E-state index contributed by atoms with van der Waals surface area (Å²) in [5.74, 6) is 0.501. The van der Waals surface area contributed by atoms with Gasteiger partial charge in [0.25, 0.3) is 0 Å². The van der Waals surface area contributed by atoms with E-state index in [2.05, 4.69) is 18.7 Å². The first-order valence-electron chi connectivity index (χ1n) is 6.17. The van der Waals surface area contributed by atoms with Gasteiger partial charge in [-0.2, -0.15) is 0 Å². The van der Waals surface area contributed by atoms with Crippen molar-refractivity contribution in [3.05, 3.63) is 29.8 Å². The molecule has 2 atom stereocenters. The zero-order valence-corrected chi connectivity index (χ0v) is 10.4. The molecule has 0 bridgehead atoms. The molecule has 3 heteroatoms. The van der Waals surface area contributed by atoms with E-state index in [1.54, 1.807) is 12.1 Å². The number of anilines is 1. The van der Waals surface area contributed by atoms with E-state index in [-0.39, 0.29) is 0 Å². The van der Waals surface area contributed by atoms with Crippen molar-refractivity contribution in [2.45, 2.75) is 20.3 Å². The standard InChI is InChI=1S/C14H19NO2/c1-10-7-8-15(9-11(10)2)13-6-4-3-5-12(13)14(16)17/h3-6,10-11H,7-9H2,1-2H3,(H,16,17). The van der Waals surface area contributed by atoms with Crippen molar-refractivity contribution in [3.63, 3.8) is 0 Å². The second-order valence-corrected chi connectivity index (χ2v) is 5.01. The summed E-state index contributed by atoms with van der Waals surface area (Å²) in [5.41, 5.74) is 1.27. The average Bonchev–Trinajstić information content (AvgIpc) is 2.32. The number of carboxylic acid groups (broad SMARTS) is 1. The van der Waals surface area contributed by atoms with Crippen LogP contribution < -0.4 is 4.90 Å². The van der Waals surface area contributed by atoms with Crippen molar-refractivity contribution in [2.75, 3.05) is 18.0 Å². The second-order valence-electron chi connectivity index (χ2n) is 5.01. The van der Waals surface area contributed by atoms with Crippen molar-refractivity contribution in [3.8, 4) is 0 Å². The monoisotopic (exact) mass is 233 g/mol. The van der Waals surface area contributed by atoms with Crippen molar-refractivity contribution in [1.29, 1.82) is 0 Å². The van der Waals surface area contributed by atoms with Crippen LogP contribution in [-0.2, 0) is 0 Å². The highest BCUT2D eigenvalue weighted by Gasteiger charge is 2.25. The molecule has 0 amide bonds. The Kier molecular flexibility index (Phi) is 3.36. The van der Waals surface area contributed by atoms with E-state index < -0.39 is 5.97 Å². The summed E-state index contributed by atoms with van der Waals surface area (Å²) >= 11 is 0. The summed E-state index contributed by atoms with van der Waals surface area (Å²) in [6.45, 7) is 6.41. The molecule has 0 aliphatic carbocycles. The summed E-state index contributed by atoms with van der Waals surface area (Å²) in [4.78, 5) is 13.4. The van der Waals surface area contributed by atoms with Crippen LogP contribution in [0.25, 0.3) is 0 Å². The first-order chi connectivity index (χ1) is 8.09. The Labute approximate surface area is 102 Å². The lowest BCUT2D eigenvalue weighted by Crippen LogP contribution is -2.39. The predicted molar refractivity (Wildman–Crippen MR) is 68.6 cm³/mol. The van der Waals surface area contributed by atoms with Crippen molar-refractivity contribution in [2.24, 2.45) is 11.8 Å². The largest absolute Gasteiger partial charge is 0.478 e. The number of hydrogen-bond acceptors (Lipinski definition) is 2. The van der Waals surface area contributed by atoms with E-state index >= 15 is 0 Å². The maximum Gasteiger partial charge on any atom is 0.337 e. The number of rotatable bonds is 2. The molecule has 17 heavy (non-hydrogen) atoms. The van der Waals surface area contributed by atoms with E-state index in [1.807, 2.05) is 12.1 Å². The molecule has 0 radical (unpaired) electrons. The molecule has 1 heterocycles. The Morgan fingerprint density at radius 3 is 2.65 bits per heavy atom.